The topological polar surface area (TPSA) is 39.2 Å². The summed E-state index contributed by atoms with van der Waals surface area (Å²) in [5, 5.41) is 2.50. The number of rotatable bonds is 1. The molecule has 3 heterocycles. The molecule has 0 radical (unpaired) electrons. The molecule has 158 valence electrons. The highest BCUT2D eigenvalue weighted by molar-refractivity contribution is 5.83. The maximum absolute atomic E-state index is 12.4. The van der Waals surface area contributed by atoms with Crippen molar-refractivity contribution in [3.63, 3.8) is 0 Å². The van der Waals surface area contributed by atoms with Crippen molar-refractivity contribution in [1.29, 1.82) is 0 Å². The number of hydrogen-bond acceptors (Lipinski definition) is 3. The van der Waals surface area contributed by atoms with Crippen molar-refractivity contribution in [2.75, 3.05) is 0 Å². The summed E-state index contributed by atoms with van der Waals surface area (Å²) in [6, 6.07) is 9.06. The van der Waals surface area contributed by atoms with Crippen LogP contribution in [-0.4, -0.2) is 22.0 Å². The second-order valence-corrected chi connectivity index (χ2v) is 10.9. The minimum Gasteiger partial charge on any atom is -0.359 e. The highest BCUT2D eigenvalue weighted by Gasteiger charge is 2.66. The van der Waals surface area contributed by atoms with Crippen LogP contribution >= 0.6 is 0 Å². The number of ketones is 1. The number of aromatic nitrogens is 1. The number of fused-ring (bicyclic) bond motifs is 2. The summed E-state index contributed by atoms with van der Waals surface area (Å²) in [6.07, 6.45) is 16.6. The average Bonchev–Trinajstić information content (AvgIpc) is 3.28. The van der Waals surface area contributed by atoms with Crippen LogP contribution in [0, 0.1) is 11.3 Å². The molecule has 2 saturated carbocycles. The van der Waals surface area contributed by atoms with E-state index in [4.69, 9.17) is 4.74 Å². The van der Waals surface area contributed by atoms with Crippen molar-refractivity contribution in [2.24, 2.45) is 11.3 Å². The summed E-state index contributed by atoms with van der Waals surface area (Å²) in [4.78, 5) is 16.7. The van der Waals surface area contributed by atoms with Gasteiger partial charge in [0.25, 0.3) is 0 Å². The third-order valence-corrected chi connectivity index (χ3v) is 9.57. The first-order valence-electron chi connectivity index (χ1n) is 12.0. The lowest BCUT2D eigenvalue weighted by Crippen LogP contribution is -2.53. The summed E-state index contributed by atoms with van der Waals surface area (Å²) in [7, 11) is 0. The smallest absolute Gasteiger partial charge is 0.136 e. The van der Waals surface area contributed by atoms with Crippen LogP contribution < -0.4 is 0 Å². The fourth-order valence-corrected chi connectivity index (χ4v) is 8.09. The zero-order valence-electron chi connectivity index (χ0n) is 18.2. The van der Waals surface area contributed by atoms with Gasteiger partial charge in [-0.2, -0.15) is 0 Å². The number of pyridine rings is 1. The third kappa shape index (κ3) is 2.28. The van der Waals surface area contributed by atoms with Crippen LogP contribution in [0.5, 0.6) is 0 Å². The molecule has 3 nitrogen and oxygen atoms in total. The SMILES string of the molecule is CC12CC=C3C=C4CCC(=O)C[C@]45CC[C@]3(O5)[C@@H]1CCC2c1ccc2ccncc2c1. The molecule has 31 heavy (non-hydrogen) atoms. The molecule has 5 atom stereocenters. The molecule has 3 heteroatoms. The first-order chi connectivity index (χ1) is 15.0. The Kier molecular flexibility index (Phi) is 3.52. The molecule has 2 aliphatic heterocycles. The summed E-state index contributed by atoms with van der Waals surface area (Å²) >= 11 is 0. The number of benzene rings is 1. The van der Waals surface area contributed by atoms with Crippen LogP contribution in [-0.2, 0) is 9.53 Å². The Morgan fingerprint density at radius 2 is 2.03 bits per heavy atom. The van der Waals surface area contributed by atoms with Crippen molar-refractivity contribution in [1.82, 2.24) is 4.98 Å². The fraction of sp³-hybridized carbons (Fsp3) is 0.500. The van der Waals surface area contributed by atoms with E-state index in [2.05, 4.69) is 48.3 Å². The Morgan fingerprint density at radius 3 is 2.97 bits per heavy atom. The Labute approximate surface area is 183 Å². The van der Waals surface area contributed by atoms with Crippen LogP contribution in [0.2, 0.25) is 0 Å². The zero-order valence-corrected chi connectivity index (χ0v) is 18.2. The molecule has 5 aliphatic rings. The lowest BCUT2D eigenvalue weighted by Gasteiger charge is -2.53. The molecule has 3 fully saturated rings. The Hall–Kier alpha value is -2.26. The van der Waals surface area contributed by atoms with Crippen LogP contribution in [0.15, 0.2) is 60.0 Å². The van der Waals surface area contributed by atoms with Crippen molar-refractivity contribution in [2.45, 2.75) is 75.4 Å². The third-order valence-electron chi connectivity index (χ3n) is 9.57. The van der Waals surface area contributed by atoms with Gasteiger partial charge in [-0.15, -0.1) is 0 Å². The molecule has 1 aromatic heterocycles. The molecule has 3 aliphatic carbocycles. The van der Waals surface area contributed by atoms with E-state index in [-0.39, 0.29) is 16.6 Å². The number of Topliss-reactive ketones (excluding diaryl/α,β-unsaturated/α-hetero) is 1. The maximum atomic E-state index is 12.4. The summed E-state index contributed by atoms with van der Waals surface area (Å²) in [5.74, 6) is 1.44. The van der Waals surface area contributed by atoms with Crippen LogP contribution in [0.3, 0.4) is 0 Å². The van der Waals surface area contributed by atoms with Gasteiger partial charge in [-0.05, 0) is 90.0 Å². The Bertz CT molecular complexity index is 1190. The monoisotopic (exact) mass is 411 g/mol. The molecular formula is C28H29NO2. The normalized spacial score (nSPS) is 40.7. The van der Waals surface area contributed by atoms with Gasteiger partial charge >= 0.3 is 0 Å². The predicted molar refractivity (Wildman–Crippen MR) is 121 cm³/mol. The van der Waals surface area contributed by atoms with E-state index in [1.807, 2.05) is 12.4 Å². The molecule has 7 rings (SSSR count). The highest BCUT2D eigenvalue weighted by Crippen LogP contribution is 2.69. The minimum atomic E-state index is -0.294. The summed E-state index contributed by atoms with van der Waals surface area (Å²) in [5.41, 5.74) is 3.99. The first kappa shape index (κ1) is 18.3. The Balaban J connectivity index is 1.31. The minimum absolute atomic E-state index is 0.179. The lowest BCUT2D eigenvalue weighted by atomic mass is 9.58. The van der Waals surface area contributed by atoms with E-state index >= 15 is 0 Å². The van der Waals surface area contributed by atoms with Gasteiger partial charge in [-0.3, -0.25) is 9.78 Å². The first-order valence-corrected chi connectivity index (χ1v) is 12.0. The van der Waals surface area contributed by atoms with Gasteiger partial charge in [0.1, 0.15) is 5.78 Å². The second kappa shape index (κ2) is 5.95. The van der Waals surface area contributed by atoms with E-state index in [0.717, 1.165) is 25.7 Å². The maximum Gasteiger partial charge on any atom is 0.136 e. The molecule has 2 aromatic rings. The predicted octanol–water partition coefficient (Wildman–Crippen LogP) is 6.05. The largest absolute Gasteiger partial charge is 0.359 e. The van der Waals surface area contributed by atoms with Crippen LogP contribution in [0.25, 0.3) is 10.8 Å². The molecule has 1 saturated heterocycles. The van der Waals surface area contributed by atoms with Crippen LogP contribution in [0.4, 0.5) is 0 Å². The number of ether oxygens (including phenoxy) is 1. The van der Waals surface area contributed by atoms with Crippen molar-refractivity contribution in [3.05, 3.63) is 65.5 Å². The number of allylic oxidation sites excluding steroid dienone is 1. The number of nitrogens with zero attached hydrogens (tertiary/aromatic N) is 1. The molecule has 2 spiro atoms. The van der Waals surface area contributed by atoms with E-state index < -0.39 is 0 Å². The van der Waals surface area contributed by atoms with Gasteiger partial charge in [0.15, 0.2) is 0 Å². The number of carbonyl (C=O) groups excluding carboxylic acids is 1. The molecule has 1 aromatic carbocycles. The Morgan fingerprint density at radius 1 is 1.10 bits per heavy atom. The zero-order chi connectivity index (χ0) is 20.8. The summed E-state index contributed by atoms with van der Waals surface area (Å²) < 4.78 is 7.12. The van der Waals surface area contributed by atoms with Gasteiger partial charge in [0, 0.05) is 30.6 Å². The van der Waals surface area contributed by atoms with E-state index in [1.54, 1.807) is 0 Å². The van der Waals surface area contributed by atoms with E-state index in [1.165, 1.54) is 40.3 Å². The quantitative estimate of drug-likeness (QED) is 0.574. The van der Waals surface area contributed by atoms with E-state index in [0.29, 0.717) is 30.5 Å². The average molecular weight is 412 g/mol. The van der Waals surface area contributed by atoms with E-state index in [9.17, 15) is 4.79 Å². The summed E-state index contributed by atoms with van der Waals surface area (Å²) in [6.45, 7) is 2.50. The number of carbonyl (C=O) groups is 1. The number of hydrogen-bond donors (Lipinski definition) is 0. The van der Waals surface area contributed by atoms with Gasteiger partial charge < -0.3 is 4.74 Å². The van der Waals surface area contributed by atoms with Crippen LogP contribution in [0.1, 0.15) is 69.8 Å². The molecule has 2 unspecified atom stereocenters. The molecule has 0 amide bonds. The molecule has 2 bridgehead atoms. The van der Waals surface area contributed by atoms with Crippen molar-refractivity contribution < 1.29 is 9.53 Å². The van der Waals surface area contributed by atoms with Gasteiger partial charge in [-0.1, -0.05) is 31.2 Å². The van der Waals surface area contributed by atoms with Gasteiger partial charge in [-0.25, -0.2) is 0 Å². The lowest BCUT2D eigenvalue weighted by molar-refractivity contribution is -0.146. The van der Waals surface area contributed by atoms with Gasteiger partial charge in [0.05, 0.1) is 11.2 Å². The van der Waals surface area contributed by atoms with Crippen molar-refractivity contribution in [3.8, 4) is 0 Å². The van der Waals surface area contributed by atoms with Crippen molar-refractivity contribution >= 4 is 16.6 Å². The molecule has 0 N–H and O–H groups in total. The standard InChI is InChI=1S/C28H29NO2/c1-26-10-8-22-15-21-4-5-23(30)16-27(21)11-12-28(22,31-27)25(26)7-6-24(26)19-3-2-18-9-13-29-17-20(18)14-19/h2-3,8-9,13-15,17,24-25H,4-7,10-12,16H2,1H3/t24?,25-,26?,27-,28-/m1/s1. The second-order valence-electron chi connectivity index (χ2n) is 10.9. The molecular weight excluding hydrogens is 382 g/mol. The highest BCUT2D eigenvalue weighted by atomic mass is 16.5. The fourth-order valence-electron chi connectivity index (χ4n) is 8.09. The van der Waals surface area contributed by atoms with Gasteiger partial charge in [0.2, 0.25) is 0 Å².